The smallest absolute Gasteiger partial charge is 0.411 e. The number of rotatable bonds is 2. The summed E-state index contributed by atoms with van der Waals surface area (Å²) >= 11 is 0. The van der Waals surface area contributed by atoms with E-state index in [0.29, 0.717) is 18.0 Å². The highest BCUT2D eigenvalue weighted by Crippen LogP contribution is 2.22. The maximum Gasteiger partial charge on any atom is 0.411 e. The van der Waals surface area contributed by atoms with E-state index in [4.69, 9.17) is 9.57 Å². The predicted molar refractivity (Wildman–Crippen MR) is 77.8 cm³/mol. The number of imide groups is 1. The van der Waals surface area contributed by atoms with Gasteiger partial charge in [0.2, 0.25) is 0 Å². The third-order valence-electron chi connectivity index (χ3n) is 3.59. The lowest BCUT2D eigenvalue weighted by Crippen LogP contribution is -2.51. The number of carbonyl (C=O) groups is 4. The first-order valence-electron chi connectivity index (χ1n) is 7.76. The van der Waals surface area contributed by atoms with Gasteiger partial charge in [-0.1, -0.05) is 0 Å². The average Bonchev–Trinajstić information content (AvgIpc) is 2.77. The van der Waals surface area contributed by atoms with Crippen LogP contribution in [0.15, 0.2) is 0 Å². The molecule has 2 aliphatic heterocycles. The molecule has 2 aliphatic rings. The number of carbonyl (C=O) groups excluding carboxylic acids is 4. The SMILES string of the molecule is CC(C)(C)OC(=O)N1CCCC[C@@H]1C(=O)ON1C(=O)CCC1=O. The van der Waals surface area contributed by atoms with Crippen molar-refractivity contribution in [1.82, 2.24) is 9.96 Å². The Labute approximate surface area is 134 Å². The number of ether oxygens (including phenoxy) is 1. The molecule has 2 heterocycles. The monoisotopic (exact) mass is 326 g/mol. The molecule has 0 bridgehead atoms. The molecule has 2 saturated heterocycles. The molecule has 3 amide bonds. The minimum Gasteiger partial charge on any atom is -0.444 e. The topological polar surface area (TPSA) is 93.2 Å². The number of hydroxylamine groups is 2. The van der Waals surface area contributed by atoms with Gasteiger partial charge in [-0.15, -0.1) is 5.06 Å². The zero-order chi connectivity index (χ0) is 17.2. The van der Waals surface area contributed by atoms with Crippen LogP contribution in [-0.2, 0) is 24.0 Å². The Morgan fingerprint density at radius 3 is 2.26 bits per heavy atom. The maximum atomic E-state index is 12.3. The van der Waals surface area contributed by atoms with E-state index >= 15 is 0 Å². The summed E-state index contributed by atoms with van der Waals surface area (Å²) in [7, 11) is 0. The van der Waals surface area contributed by atoms with Gasteiger partial charge in [-0.3, -0.25) is 14.5 Å². The van der Waals surface area contributed by atoms with Gasteiger partial charge in [-0.05, 0) is 40.0 Å². The maximum absolute atomic E-state index is 12.3. The standard InChI is InChI=1S/C15H22N2O6/c1-15(2,3)22-14(21)16-9-5-4-6-10(16)13(20)23-17-11(18)7-8-12(17)19/h10H,4-9H2,1-3H3/t10-/m1/s1. The first-order chi connectivity index (χ1) is 10.7. The van der Waals surface area contributed by atoms with Crippen molar-refractivity contribution < 1.29 is 28.8 Å². The second-order valence-corrected chi connectivity index (χ2v) is 6.68. The van der Waals surface area contributed by atoms with E-state index < -0.39 is 35.5 Å². The van der Waals surface area contributed by atoms with E-state index in [2.05, 4.69) is 0 Å². The van der Waals surface area contributed by atoms with Crippen molar-refractivity contribution in [1.29, 1.82) is 0 Å². The number of amides is 3. The van der Waals surface area contributed by atoms with E-state index in [1.54, 1.807) is 20.8 Å². The van der Waals surface area contributed by atoms with Crippen LogP contribution >= 0.6 is 0 Å². The van der Waals surface area contributed by atoms with Crippen LogP contribution in [0.4, 0.5) is 4.79 Å². The highest BCUT2D eigenvalue weighted by atomic mass is 16.7. The van der Waals surface area contributed by atoms with Crippen molar-refractivity contribution in [2.75, 3.05) is 6.54 Å². The third kappa shape index (κ3) is 4.20. The van der Waals surface area contributed by atoms with Gasteiger partial charge in [0, 0.05) is 19.4 Å². The second-order valence-electron chi connectivity index (χ2n) is 6.68. The Morgan fingerprint density at radius 2 is 1.70 bits per heavy atom. The molecule has 1 atom stereocenters. The Balaban J connectivity index is 2.05. The molecular formula is C15H22N2O6. The molecule has 0 aromatic carbocycles. The highest BCUT2D eigenvalue weighted by molar-refractivity contribution is 6.01. The lowest BCUT2D eigenvalue weighted by atomic mass is 10.0. The van der Waals surface area contributed by atoms with Gasteiger partial charge in [0.05, 0.1) is 0 Å². The van der Waals surface area contributed by atoms with Gasteiger partial charge in [-0.2, -0.15) is 0 Å². The fourth-order valence-electron chi connectivity index (χ4n) is 2.52. The molecule has 23 heavy (non-hydrogen) atoms. The second kappa shape index (κ2) is 6.55. The summed E-state index contributed by atoms with van der Waals surface area (Å²) in [5.41, 5.74) is -0.677. The summed E-state index contributed by atoms with van der Waals surface area (Å²) in [6.45, 7) is 5.59. The van der Waals surface area contributed by atoms with Gasteiger partial charge in [0.25, 0.3) is 11.8 Å². The zero-order valence-corrected chi connectivity index (χ0v) is 13.7. The van der Waals surface area contributed by atoms with Crippen molar-refractivity contribution >= 4 is 23.9 Å². The molecular weight excluding hydrogens is 304 g/mol. The fraction of sp³-hybridized carbons (Fsp3) is 0.733. The summed E-state index contributed by atoms with van der Waals surface area (Å²) in [4.78, 5) is 53.8. The summed E-state index contributed by atoms with van der Waals surface area (Å²) in [6, 6.07) is -0.847. The van der Waals surface area contributed by atoms with Crippen LogP contribution in [0.3, 0.4) is 0 Å². The van der Waals surface area contributed by atoms with Crippen LogP contribution in [0, 0.1) is 0 Å². The van der Waals surface area contributed by atoms with Gasteiger partial charge < -0.3 is 9.57 Å². The third-order valence-corrected chi connectivity index (χ3v) is 3.59. The van der Waals surface area contributed by atoms with E-state index in [0.717, 1.165) is 12.8 Å². The van der Waals surface area contributed by atoms with Crippen molar-refractivity contribution in [3.05, 3.63) is 0 Å². The van der Waals surface area contributed by atoms with Crippen LogP contribution in [-0.4, -0.2) is 52.0 Å². The van der Waals surface area contributed by atoms with E-state index in [9.17, 15) is 19.2 Å². The summed E-state index contributed by atoms with van der Waals surface area (Å²) in [5, 5.41) is 0.504. The normalized spacial score (nSPS) is 22.3. The van der Waals surface area contributed by atoms with Gasteiger partial charge >= 0.3 is 12.1 Å². The van der Waals surface area contributed by atoms with Gasteiger partial charge in [0.15, 0.2) is 0 Å². The van der Waals surface area contributed by atoms with Crippen molar-refractivity contribution in [3.63, 3.8) is 0 Å². The van der Waals surface area contributed by atoms with E-state index in [1.165, 1.54) is 4.90 Å². The molecule has 2 rings (SSSR count). The van der Waals surface area contributed by atoms with Gasteiger partial charge in [0.1, 0.15) is 11.6 Å². The van der Waals surface area contributed by atoms with Crippen molar-refractivity contribution in [2.45, 2.75) is 64.5 Å². The molecule has 0 aliphatic carbocycles. The van der Waals surface area contributed by atoms with Crippen molar-refractivity contribution in [2.24, 2.45) is 0 Å². The Morgan fingerprint density at radius 1 is 1.09 bits per heavy atom. The number of nitrogens with zero attached hydrogens (tertiary/aromatic N) is 2. The van der Waals surface area contributed by atoms with Crippen molar-refractivity contribution in [3.8, 4) is 0 Å². The van der Waals surface area contributed by atoms with Crippen LogP contribution in [0.1, 0.15) is 52.9 Å². The van der Waals surface area contributed by atoms with E-state index in [-0.39, 0.29) is 12.8 Å². The molecule has 0 spiro atoms. The lowest BCUT2D eigenvalue weighted by Gasteiger charge is -2.35. The average molecular weight is 326 g/mol. The Hall–Kier alpha value is -2.12. The van der Waals surface area contributed by atoms with Crippen LogP contribution < -0.4 is 0 Å². The number of piperidine rings is 1. The zero-order valence-electron chi connectivity index (χ0n) is 13.7. The fourth-order valence-corrected chi connectivity index (χ4v) is 2.52. The summed E-state index contributed by atoms with van der Waals surface area (Å²) in [6.07, 6.45) is 1.39. The van der Waals surface area contributed by atoms with Crippen LogP contribution in [0.2, 0.25) is 0 Å². The predicted octanol–water partition coefficient (Wildman–Crippen LogP) is 1.38. The molecule has 8 nitrogen and oxygen atoms in total. The summed E-state index contributed by atoms with van der Waals surface area (Å²) < 4.78 is 5.30. The number of hydrogen-bond donors (Lipinski definition) is 0. The lowest BCUT2D eigenvalue weighted by molar-refractivity contribution is -0.201. The molecule has 0 N–H and O–H groups in total. The van der Waals surface area contributed by atoms with Crippen LogP contribution in [0.25, 0.3) is 0 Å². The Kier molecular flexibility index (Phi) is 4.91. The molecule has 2 fully saturated rings. The van der Waals surface area contributed by atoms with Gasteiger partial charge in [-0.25, -0.2) is 9.59 Å². The first-order valence-corrected chi connectivity index (χ1v) is 7.76. The number of hydrogen-bond acceptors (Lipinski definition) is 6. The molecule has 0 radical (unpaired) electrons. The first kappa shape index (κ1) is 17.2. The molecule has 8 heteroatoms. The largest absolute Gasteiger partial charge is 0.444 e. The highest BCUT2D eigenvalue weighted by Gasteiger charge is 2.40. The quantitative estimate of drug-likeness (QED) is 0.712. The molecule has 0 aromatic heterocycles. The minimum atomic E-state index is -0.847. The van der Waals surface area contributed by atoms with Crippen LogP contribution in [0.5, 0.6) is 0 Å². The molecule has 0 unspecified atom stereocenters. The minimum absolute atomic E-state index is 0.0343. The Bertz CT molecular complexity index is 509. The van der Waals surface area contributed by atoms with E-state index in [1.807, 2.05) is 0 Å². The molecule has 0 aromatic rings. The molecule has 0 saturated carbocycles. The molecule has 128 valence electrons. The number of likely N-dealkylation sites (tertiary alicyclic amines) is 1. The summed E-state index contributed by atoms with van der Waals surface area (Å²) in [5.74, 6) is -1.86.